The summed E-state index contributed by atoms with van der Waals surface area (Å²) in [6.07, 6.45) is 5.82. The number of sulfonamides is 1. The normalized spacial score (nSPS) is 19.2. The highest BCUT2D eigenvalue weighted by molar-refractivity contribution is 7.89. The number of piperidine rings is 1. The van der Waals surface area contributed by atoms with E-state index in [1.54, 1.807) is 17.4 Å². The Morgan fingerprint density at radius 3 is 2.69 bits per heavy atom. The molecule has 0 unspecified atom stereocenters. The van der Waals surface area contributed by atoms with Gasteiger partial charge in [-0.1, -0.05) is 0 Å². The van der Waals surface area contributed by atoms with Crippen molar-refractivity contribution in [3.63, 3.8) is 0 Å². The molecule has 9 heteroatoms. The van der Waals surface area contributed by atoms with E-state index in [1.807, 2.05) is 19.1 Å². The molecule has 1 aliphatic heterocycles. The lowest BCUT2D eigenvalue weighted by atomic mass is 10.1. The van der Waals surface area contributed by atoms with Crippen LogP contribution in [0.2, 0.25) is 0 Å². The monoisotopic (exact) mass is 423 g/mol. The number of guanidine groups is 1. The predicted molar refractivity (Wildman–Crippen MR) is 114 cm³/mol. The van der Waals surface area contributed by atoms with Gasteiger partial charge in [-0.15, -0.1) is 0 Å². The summed E-state index contributed by atoms with van der Waals surface area (Å²) in [6.45, 7) is 6.87. The van der Waals surface area contributed by atoms with Crippen LogP contribution in [0.3, 0.4) is 0 Å². The molecule has 29 heavy (non-hydrogen) atoms. The van der Waals surface area contributed by atoms with Crippen LogP contribution in [-0.4, -0.2) is 61.7 Å². The fraction of sp³-hybridized carbons (Fsp3) is 0.700. The Hall–Kier alpha value is -1.87. The van der Waals surface area contributed by atoms with E-state index in [4.69, 9.17) is 4.74 Å². The molecule has 1 aromatic heterocycles. The Morgan fingerprint density at radius 2 is 2.03 bits per heavy atom. The molecule has 1 saturated carbocycles. The topological polar surface area (TPSA) is 95.9 Å². The second-order valence-electron chi connectivity index (χ2n) is 7.67. The van der Waals surface area contributed by atoms with Crippen LogP contribution in [0.1, 0.15) is 45.1 Å². The first kappa shape index (κ1) is 21.8. The molecule has 1 saturated heterocycles. The highest BCUT2D eigenvalue weighted by Crippen LogP contribution is 2.29. The van der Waals surface area contributed by atoms with E-state index in [0.717, 1.165) is 37.5 Å². The van der Waals surface area contributed by atoms with Crippen molar-refractivity contribution in [2.45, 2.75) is 52.1 Å². The van der Waals surface area contributed by atoms with E-state index in [0.29, 0.717) is 31.4 Å². The molecule has 2 fully saturated rings. The maximum absolute atomic E-state index is 12.0. The van der Waals surface area contributed by atoms with E-state index < -0.39 is 10.0 Å². The predicted octanol–water partition coefficient (Wildman–Crippen LogP) is 1.74. The van der Waals surface area contributed by atoms with Gasteiger partial charge in [0.25, 0.3) is 0 Å². The summed E-state index contributed by atoms with van der Waals surface area (Å²) in [7, 11) is -3.10. The lowest BCUT2D eigenvalue weighted by Crippen LogP contribution is -2.50. The lowest BCUT2D eigenvalue weighted by molar-refractivity contribution is 0.288. The Labute approximate surface area is 174 Å². The Balaban J connectivity index is 1.53. The summed E-state index contributed by atoms with van der Waals surface area (Å²) in [5.41, 5.74) is 1.05. The van der Waals surface area contributed by atoms with E-state index in [1.165, 1.54) is 12.8 Å². The summed E-state index contributed by atoms with van der Waals surface area (Å²) in [4.78, 5) is 8.96. The maximum atomic E-state index is 12.0. The Morgan fingerprint density at radius 1 is 1.28 bits per heavy atom. The number of ether oxygens (including phenoxy) is 1. The molecule has 1 aromatic rings. The third-order valence-electron chi connectivity index (χ3n) is 5.28. The number of nitrogens with one attached hydrogen (secondary N) is 2. The molecule has 0 bridgehead atoms. The molecular formula is C20H33N5O3S. The molecule has 3 rings (SSSR count). The van der Waals surface area contributed by atoms with Gasteiger partial charge in [-0.25, -0.2) is 22.7 Å². The molecule has 2 aliphatic rings. The maximum Gasteiger partial charge on any atom is 0.213 e. The van der Waals surface area contributed by atoms with Crippen molar-refractivity contribution in [3.05, 3.63) is 23.9 Å². The van der Waals surface area contributed by atoms with Crippen LogP contribution in [0.25, 0.3) is 0 Å². The van der Waals surface area contributed by atoms with Crippen molar-refractivity contribution >= 4 is 16.0 Å². The van der Waals surface area contributed by atoms with Crippen molar-refractivity contribution in [3.8, 4) is 5.88 Å². The fourth-order valence-corrected chi connectivity index (χ4v) is 4.39. The van der Waals surface area contributed by atoms with Crippen LogP contribution in [0.5, 0.6) is 5.88 Å². The highest BCUT2D eigenvalue weighted by atomic mass is 32.2. The summed E-state index contributed by atoms with van der Waals surface area (Å²) in [6, 6.07) is 4.11. The minimum absolute atomic E-state index is 0.160. The quantitative estimate of drug-likeness (QED) is 0.464. The van der Waals surface area contributed by atoms with E-state index in [9.17, 15) is 8.42 Å². The average Bonchev–Trinajstić information content (AvgIpc) is 3.56. The SMILES string of the molecule is CCNC(=NCc1ccnc(OCC2CC2)c1)NC1CCN(S(=O)(=O)CC)CC1. The first-order chi connectivity index (χ1) is 14.0. The van der Waals surface area contributed by atoms with Crippen molar-refractivity contribution in [2.24, 2.45) is 10.9 Å². The second-order valence-corrected chi connectivity index (χ2v) is 9.93. The van der Waals surface area contributed by atoms with Crippen molar-refractivity contribution in [2.75, 3.05) is 32.0 Å². The molecular weight excluding hydrogens is 390 g/mol. The summed E-state index contributed by atoms with van der Waals surface area (Å²) < 4.78 is 31.4. The minimum Gasteiger partial charge on any atom is -0.477 e. The fourth-order valence-electron chi connectivity index (χ4n) is 3.26. The first-order valence-corrected chi connectivity index (χ1v) is 12.2. The van der Waals surface area contributed by atoms with Crippen molar-refractivity contribution in [1.29, 1.82) is 0 Å². The largest absolute Gasteiger partial charge is 0.477 e. The van der Waals surface area contributed by atoms with Crippen molar-refractivity contribution < 1.29 is 13.2 Å². The molecule has 2 N–H and O–H groups in total. The van der Waals surface area contributed by atoms with E-state index in [2.05, 4.69) is 20.6 Å². The molecule has 0 radical (unpaired) electrons. The van der Waals surface area contributed by atoms with Gasteiger partial charge in [-0.2, -0.15) is 0 Å². The Kier molecular flexibility index (Phi) is 7.71. The van der Waals surface area contributed by atoms with Gasteiger partial charge in [0.1, 0.15) is 0 Å². The number of nitrogens with zero attached hydrogens (tertiary/aromatic N) is 3. The second kappa shape index (κ2) is 10.2. The van der Waals surface area contributed by atoms with Gasteiger partial charge in [0.05, 0.1) is 18.9 Å². The smallest absolute Gasteiger partial charge is 0.213 e. The summed E-state index contributed by atoms with van der Waals surface area (Å²) in [5, 5.41) is 6.73. The first-order valence-electron chi connectivity index (χ1n) is 10.6. The molecule has 0 aromatic carbocycles. The lowest BCUT2D eigenvalue weighted by Gasteiger charge is -2.32. The van der Waals surface area contributed by atoms with Crippen LogP contribution in [0.4, 0.5) is 0 Å². The Bertz CT molecular complexity index is 787. The van der Waals surface area contributed by atoms with Crippen LogP contribution >= 0.6 is 0 Å². The summed E-state index contributed by atoms with van der Waals surface area (Å²) in [5.74, 6) is 2.27. The summed E-state index contributed by atoms with van der Waals surface area (Å²) >= 11 is 0. The minimum atomic E-state index is -3.10. The van der Waals surface area contributed by atoms with Crippen molar-refractivity contribution in [1.82, 2.24) is 19.9 Å². The van der Waals surface area contributed by atoms with Crippen LogP contribution in [-0.2, 0) is 16.6 Å². The third-order valence-corrected chi connectivity index (χ3v) is 7.16. The molecule has 0 atom stereocenters. The van der Waals surface area contributed by atoms with Crippen LogP contribution in [0, 0.1) is 5.92 Å². The average molecular weight is 424 g/mol. The molecule has 2 heterocycles. The van der Waals surface area contributed by atoms with Gasteiger partial charge in [0.15, 0.2) is 5.96 Å². The number of aliphatic imine (C=N–C) groups is 1. The van der Waals surface area contributed by atoms with E-state index in [-0.39, 0.29) is 11.8 Å². The molecule has 0 spiro atoms. The third kappa shape index (κ3) is 6.85. The van der Waals surface area contributed by atoms with Gasteiger partial charge in [0.2, 0.25) is 15.9 Å². The molecule has 8 nitrogen and oxygen atoms in total. The zero-order valence-corrected chi connectivity index (χ0v) is 18.2. The van der Waals surface area contributed by atoms with Gasteiger partial charge >= 0.3 is 0 Å². The van der Waals surface area contributed by atoms with Crippen LogP contribution in [0.15, 0.2) is 23.3 Å². The zero-order valence-electron chi connectivity index (χ0n) is 17.4. The number of hydrogen-bond donors (Lipinski definition) is 2. The van der Waals surface area contributed by atoms with Gasteiger partial charge in [-0.3, -0.25) is 0 Å². The van der Waals surface area contributed by atoms with Crippen LogP contribution < -0.4 is 15.4 Å². The highest BCUT2D eigenvalue weighted by Gasteiger charge is 2.27. The number of rotatable bonds is 9. The molecule has 162 valence electrons. The van der Waals surface area contributed by atoms with Gasteiger partial charge in [-0.05, 0) is 57.1 Å². The number of hydrogen-bond acceptors (Lipinski definition) is 5. The standard InChI is InChI=1S/C20H33N5O3S/c1-3-21-20(24-18-8-11-25(12-9-18)29(26,27)4-2)23-14-17-7-10-22-19(13-17)28-15-16-5-6-16/h7,10,13,16,18H,3-6,8-9,11-12,14-15H2,1-2H3,(H2,21,23,24). The zero-order chi connectivity index (χ0) is 20.7. The number of aromatic nitrogens is 1. The van der Waals surface area contributed by atoms with Gasteiger partial charge < -0.3 is 15.4 Å². The van der Waals surface area contributed by atoms with E-state index >= 15 is 0 Å². The molecule has 0 amide bonds. The molecule has 1 aliphatic carbocycles. The number of pyridine rings is 1. The van der Waals surface area contributed by atoms with Gasteiger partial charge in [0, 0.05) is 37.9 Å².